The molecule has 5 nitrogen and oxygen atoms in total. The van der Waals surface area contributed by atoms with E-state index in [0.29, 0.717) is 15.8 Å². The molecule has 0 aliphatic heterocycles. The molecule has 0 aliphatic carbocycles. The van der Waals surface area contributed by atoms with Crippen LogP contribution in [0.25, 0.3) is 0 Å². The minimum Gasteiger partial charge on any atom is -0.399 e. The molecular weight excluding hydrogens is 354 g/mol. The summed E-state index contributed by atoms with van der Waals surface area (Å²) in [5.74, 6) is 0. The zero-order valence-corrected chi connectivity index (χ0v) is 13.5. The van der Waals surface area contributed by atoms with Crippen molar-refractivity contribution in [2.75, 3.05) is 17.1 Å². The number of anilines is 2. The van der Waals surface area contributed by atoms with E-state index in [2.05, 4.69) is 15.9 Å². The van der Waals surface area contributed by atoms with Crippen molar-refractivity contribution >= 4 is 37.3 Å². The normalized spacial score (nSPS) is 10.9. The predicted octanol–water partition coefficient (Wildman–Crippen LogP) is 2.73. The second-order valence-corrected chi connectivity index (χ2v) is 7.08. The number of nitriles is 1. The Bertz CT molecular complexity index is 828. The van der Waals surface area contributed by atoms with E-state index >= 15 is 0 Å². The van der Waals surface area contributed by atoms with Crippen LogP contribution in [-0.4, -0.2) is 15.5 Å². The Morgan fingerprint density at radius 3 is 2.57 bits per heavy atom. The van der Waals surface area contributed by atoms with Crippen molar-refractivity contribution in [2.45, 2.75) is 4.90 Å². The van der Waals surface area contributed by atoms with Crippen molar-refractivity contribution in [3.8, 4) is 6.07 Å². The van der Waals surface area contributed by atoms with Gasteiger partial charge in [-0.3, -0.25) is 4.31 Å². The molecule has 0 spiro atoms. The summed E-state index contributed by atoms with van der Waals surface area (Å²) in [4.78, 5) is 0.0535. The number of rotatable bonds is 3. The zero-order valence-electron chi connectivity index (χ0n) is 11.1. The van der Waals surface area contributed by atoms with Gasteiger partial charge in [-0.25, -0.2) is 8.42 Å². The minimum absolute atomic E-state index is 0.0535. The largest absolute Gasteiger partial charge is 0.399 e. The second-order valence-electron chi connectivity index (χ2n) is 4.29. The molecule has 0 bridgehead atoms. The number of sulfonamides is 1. The van der Waals surface area contributed by atoms with Gasteiger partial charge in [0.15, 0.2) is 0 Å². The van der Waals surface area contributed by atoms with E-state index in [0.717, 1.165) is 4.31 Å². The monoisotopic (exact) mass is 365 g/mol. The molecule has 0 unspecified atom stereocenters. The molecule has 0 saturated carbocycles. The van der Waals surface area contributed by atoms with Crippen LogP contribution in [0.4, 0.5) is 11.4 Å². The van der Waals surface area contributed by atoms with Crippen LogP contribution in [0.1, 0.15) is 5.56 Å². The average molecular weight is 366 g/mol. The fraction of sp³-hybridized carbons (Fsp3) is 0.0714. The Balaban J connectivity index is 2.59. The first-order chi connectivity index (χ1) is 9.87. The molecule has 0 atom stereocenters. The standard InChI is InChI=1S/C14H12BrN3O2S/c1-18(13-5-3-2-4-10(13)9-16)21(19,20)14-8-11(17)6-7-12(14)15/h2-8H,17H2,1H3. The third-order valence-corrected chi connectivity index (χ3v) is 5.72. The Morgan fingerprint density at radius 1 is 1.24 bits per heavy atom. The summed E-state index contributed by atoms with van der Waals surface area (Å²) < 4.78 is 26.9. The van der Waals surface area contributed by atoms with E-state index in [1.54, 1.807) is 36.4 Å². The van der Waals surface area contributed by atoms with Crippen molar-refractivity contribution < 1.29 is 8.42 Å². The molecule has 0 fully saturated rings. The molecule has 0 heterocycles. The van der Waals surface area contributed by atoms with Gasteiger partial charge in [0.2, 0.25) is 0 Å². The van der Waals surface area contributed by atoms with Crippen molar-refractivity contribution in [2.24, 2.45) is 0 Å². The van der Waals surface area contributed by atoms with Gasteiger partial charge in [0.05, 0.1) is 11.3 Å². The average Bonchev–Trinajstić information content (AvgIpc) is 2.48. The van der Waals surface area contributed by atoms with Crippen molar-refractivity contribution in [3.05, 3.63) is 52.5 Å². The molecule has 2 N–H and O–H groups in total. The van der Waals surface area contributed by atoms with Crippen LogP contribution in [0.2, 0.25) is 0 Å². The maximum absolute atomic E-state index is 12.7. The number of nitrogen functional groups attached to an aromatic ring is 1. The number of nitrogens with two attached hydrogens (primary N) is 1. The molecule has 0 amide bonds. The van der Waals surface area contributed by atoms with Gasteiger partial charge in [0.1, 0.15) is 11.0 Å². The highest BCUT2D eigenvalue weighted by Gasteiger charge is 2.25. The quantitative estimate of drug-likeness (QED) is 0.847. The highest BCUT2D eigenvalue weighted by molar-refractivity contribution is 9.10. The van der Waals surface area contributed by atoms with Gasteiger partial charge < -0.3 is 5.73 Å². The number of nitrogens with zero attached hydrogens (tertiary/aromatic N) is 2. The maximum atomic E-state index is 12.7. The van der Waals surface area contributed by atoms with Gasteiger partial charge in [-0.15, -0.1) is 0 Å². The van der Waals surface area contributed by atoms with Crippen LogP contribution < -0.4 is 10.0 Å². The van der Waals surface area contributed by atoms with E-state index in [1.165, 1.54) is 13.1 Å². The Morgan fingerprint density at radius 2 is 1.90 bits per heavy atom. The molecule has 2 aromatic carbocycles. The molecule has 0 aliphatic rings. The topological polar surface area (TPSA) is 87.2 Å². The zero-order chi connectivity index (χ0) is 15.6. The van der Waals surface area contributed by atoms with Gasteiger partial charge >= 0.3 is 0 Å². The van der Waals surface area contributed by atoms with Crippen LogP contribution in [-0.2, 0) is 10.0 Å². The summed E-state index contributed by atoms with van der Waals surface area (Å²) in [5.41, 5.74) is 6.60. The molecule has 21 heavy (non-hydrogen) atoms. The van der Waals surface area contributed by atoms with Crippen LogP contribution in [0.5, 0.6) is 0 Å². The first kappa shape index (κ1) is 15.4. The SMILES string of the molecule is CN(c1ccccc1C#N)S(=O)(=O)c1cc(N)ccc1Br. The Hall–Kier alpha value is -2.04. The van der Waals surface area contributed by atoms with Crippen molar-refractivity contribution in [1.29, 1.82) is 5.26 Å². The van der Waals surface area contributed by atoms with Gasteiger partial charge in [0.25, 0.3) is 10.0 Å². The second kappa shape index (κ2) is 5.76. The first-order valence-electron chi connectivity index (χ1n) is 5.91. The fourth-order valence-corrected chi connectivity index (χ4v) is 4.01. The summed E-state index contributed by atoms with van der Waals surface area (Å²) in [6.45, 7) is 0. The third-order valence-electron chi connectivity index (χ3n) is 2.96. The van der Waals surface area contributed by atoms with E-state index in [4.69, 9.17) is 11.0 Å². The number of hydrogen-bond donors (Lipinski definition) is 1. The first-order valence-corrected chi connectivity index (χ1v) is 8.14. The summed E-state index contributed by atoms with van der Waals surface area (Å²) in [6, 6.07) is 13.0. The van der Waals surface area contributed by atoms with E-state index in [1.807, 2.05) is 6.07 Å². The molecule has 0 aromatic heterocycles. The van der Waals surface area contributed by atoms with Gasteiger partial charge in [-0.05, 0) is 46.3 Å². The number of para-hydroxylation sites is 1. The molecular formula is C14H12BrN3O2S. The summed E-state index contributed by atoms with van der Waals surface area (Å²) in [7, 11) is -2.42. The lowest BCUT2D eigenvalue weighted by atomic mass is 10.2. The summed E-state index contributed by atoms with van der Waals surface area (Å²) in [6.07, 6.45) is 0. The molecule has 0 radical (unpaired) electrons. The lowest BCUT2D eigenvalue weighted by molar-refractivity contribution is 0.594. The van der Waals surface area contributed by atoms with Gasteiger partial charge in [-0.2, -0.15) is 5.26 Å². The lowest BCUT2D eigenvalue weighted by Gasteiger charge is -2.21. The highest BCUT2D eigenvalue weighted by Crippen LogP contribution is 2.30. The maximum Gasteiger partial charge on any atom is 0.265 e. The molecule has 2 aromatic rings. The van der Waals surface area contributed by atoms with Crippen molar-refractivity contribution in [3.63, 3.8) is 0 Å². The number of benzene rings is 2. The fourth-order valence-electron chi connectivity index (χ4n) is 1.84. The molecule has 2 rings (SSSR count). The number of halogens is 1. The predicted molar refractivity (Wildman–Crippen MR) is 85.3 cm³/mol. The van der Waals surface area contributed by atoms with Crippen LogP contribution in [0, 0.1) is 11.3 Å². The Kier molecular flexibility index (Phi) is 4.21. The summed E-state index contributed by atoms with van der Waals surface area (Å²) in [5, 5.41) is 9.10. The van der Waals surface area contributed by atoms with Crippen LogP contribution >= 0.6 is 15.9 Å². The van der Waals surface area contributed by atoms with E-state index in [9.17, 15) is 8.42 Å². The van der Waals surface area contributed by atoms with E-state index < -0.39 is 10.0 Å². The van der Waals surface area contributed by atoms with Crippen LogP contribution in [0.3, 0.4) is 0 Å². The van der Waals surface area contributed by atoms with Gasteiger partial charge in [-0.1, -0.05) is 12.1 Å². The third kappa shape index (κ3) is 2.86. The van der Waals surface area contributed by atoms with E-state index in [-0.39, 0.29) is 10.5 Å². The molecule has 108 valence electrons. The lowest BCUT2D eigenvalue weighted by Crippen LogP contribution is -2.27. The highest BCUT2D eigenvalue weighted by atomic mass is 79.9. The van der Waals surface area contributed by atoms with Crippen LogP contribution in [0.15, 0.2) is 51.8 Å². The van der Waals surface area contributed by atoms with Gasteiger partial charge in [0, 0.05) is 17.2 Å². The Labute approximate surface area is 131 Å². The molecule has 7 heteroatoms. The van der Waals surface area contributed by atoms with Crippen molar-refractivity contribution in [1.82, 2.24) is 0 Å². The summed E-state index contributed by atoms with van der Waals surface area (Å²) >= 11 is 3.22. The smallest absolute Gasteiger partial charge is 0.265 e. The molecule has 0 saturated heterocycles. The minimum atomic E-state index is -3.82. The number of hydrogen-bond acceptors (Lipinski definition) is 4.